The second-order valence-electron chi connectivity index (χ2n) is 7.65. The summed E-state index contributed by atoms with van der Waals surface area (Å²) >= 11 is 0. The molecule has 12 heteroatoms. The number of carboxylic acid groups (broad SMARTS) is 1. The van der Waals surface area contributed by atoms with Crippen LogP contribution in [0.3, 0.4) is 0 Å². The van der Waals surface area contributed by atoms with E-state index in [0.717, 1.165) is 6.92 Å². The van der Waals surface area contributed by atoms with Crippen LogP contribution in [0.2, 0.25) is 0 Å². The molecule has 12 nitrogen and oxygen atoms in total. The summed E-state index contributed by atoms with van der Waals surface area (Å²) in [4.78, 5) is 57.2. The Hall–Kier alpha value is -2.73. The molecule has 1 amide bonds. The van der Waals surface area contributed by atoms with Crippen LogP contribution in [0.25, 0.3) is 0 Å². The lowest BCUT2D eigenvalue weighted by Gasteiger charge is -2.44. The quantitative estimate of drug-likeness (QED) is 0.219. The zero-order valence-corrected chi connectivity index (χ0v) is 19.4. The van der Waals surface area contributed by atoms with Crippen LogP contribution in [0.4, 0.5) is 0 Å². The van der Waals surface area contributed by atoms with Gasteiger partial charge in [-0.1, -0.05) is 12.8 Å². The van der Waals surface area contributed by atoms with Crippen molar-refractivity contribution in [2.24, 2.45) is 0 Å². The molecule has 0 radical (unpaired) electrons. The van der Waals surface area contributed by atoms with Gasteiger partial charge in [-0.15, -0.1) is 0 Å². The average Bonchev–Trinajstić information content (AvgIpc) is 2.68. The number of rotatable bonds is 13. The van der Waals surface area contributed by atoms with Crippen LogP contribution in [-0.4, -0.2) is 78.7 Å². The van der Waals surface area contributed by atoms with E-state index in [1.165, 1.54) is 20.8 Å². The van der Waals surface area contributed by atoms with E-state index in [1.807, 2.05) is 0 Å². The van der Waals surface area contributed by atoms with E-state index in [9.17, 15) is 24.0 Å². The SMILES string of the molecule is CC(=O)NC1C(OC(C)=O)[C@@H](OC(C)=O)C(COC(C)=O)O[C@H]1OCCCCCCC(=O)O. The maximum absolute atomic E-state index is 11.8. The van der Waals surface area contributed by atoms with E-state index < -0.39 is 60.4 Å². The minimum atomic E-state index is -1.17. The monoisotopic (exact) mass is 475 g/mol. The smallest absolute Gasteiger partial charge is 0.303 e. The molecule has 1 heterocycles. The van der Waals surface area contributed by atoms with E-state index in [4.69, 9.17) is 28.8 Å². The molecule has 0 aromatic carbocycles. The summed E-state index contributed by atoms with van der Waals surface area (Å²) < 4.78 is 27.4. The van der Waals surface area contributed by atoms with Gasteiger partial charge in [0.15, 0.2) is 18.5 Å². The van der Waals surface area contributed by atoms with Crippen LogP contribution >= 0.6 is 0 Å². The molecule has 1 aliphatic heterocycles. The standard InChI is InChI=1S/C21H33NO11/c1-12(23)22-18-20(32-15(4)26)19(31-14(3)25)16(11-30-13(2)24)33-21(18)29-10-8-6-5-7-9-17(27)28/h16,18-21H,5-11H2,1-4H3,(H,22,23)(H,27,28)/t16?,18?,19-,20?,21+/m0/s1. The van der Waals surface area contributed by atoms with Crippen molar-refractivity contribution in [2.75, 3.05) is 13.2 Å². The number of carboxylic acids is 1. The van der Waals surface area contributed by atoms with Crippen LogP contribution in [0.1, 0.15) is 59.8 Å². The van der Waals surface area contributed by atoms with E-state index in [0.29, 0.717) is 25.7 Å². The fourth-order valence-electron chi connectivity index (χ4n) is 3.36. The number of carbonyl (C=O) groups is 5. The summed E-state index contributed by atoms with van der Waals surface area (Å²) in [6.45, 7) is 4.70. The Bertz CT molecular complexity index is 696. The third-order valence-electron chi connectivity index (χ3n) is 4.64. The van der Waals surface area contributed by atoms with Gasteiger partial charge in [0.2, 0.25) is 5.91 Å². The van der Waals surface area contributed by atoms with Crippen molar-refractivity contribution < 1.29 is 52.8 Å². The molecule has 0 aliphatic carbocycles. The van der Waals surface area contributed by atoms with Gasteiger partial charge in [0.1, 0.15) is 18.8 Å². The lowest BCUT2D eigenvalue weighted by molar-refractivity contribution is -0.277. The van der Waals surface area contributed by atoms with Crippen LogP contribution in [0.15, 0.2) is 0 Å². The molecule has 0 aromatic rings. The van der Waals surface area contributed by atoms with Crippen molar-refractivity contribution in [3.63, 3.8) is 0 Å². The molecular weight excluding hydrogens is 442 g/mol. The fraction of sp³-hybridized carbons (Fsp3) is 0.762. The number of unbranched alkanes of at least 4 members (excludes halogenated alkanes) is 3. The molecule has 1 saturated heterocycles. The van der Waals surface area contributed by atoms with E-state index in [1.54, 1.807) is 0 Å². The zero-order valence-electron chi connectivity index (χ0n) is 19.4. The Balaban J connectivity index is 2.98. The lowest BCUT2D eigenvalue weighted by Crippen LogP contribution is -2.66. The molecule has 0 spiro atoms. The molecule has 3 unspecified atom stereocenters. The summed E-state index contributed by atoms with van der Waals surface area (Å²) in [5.74, 6) is -3.26. The first-order chi connectivity index (χ1) is 15.5. The van der Waals surface area contributed by atoms with Gasteiger partial charge >= 0.3 is 23.9 Å². The Morgan fingerprint density at radius 3 is 2.00 bits per heavy atom. The molecule has 0 aromatic heterocycles. The second kappa shape index (κ2) is 14.4. The molecule has 188 valence electrons. The van der Waals surface area contributed by atoms with Crippen LogP contribution in [0, 0.1) is 0 Å². The minimum Gasteiger partial charge on any atom is -0.481 e. The number of amides is 1. The Kier molecular flexibility index (Phi) is 12.4. The summed E-state index contributed by atoms with van der Waals surface area (Å²) in [6.07, 6.45) is -1.79. The summed E-state index contributed by atoms with van der Waals surface area (Å²) in [6, 6.07) is -1.00. The largest absolute Gasteiger partial charge is 0.481 e. The maximum Gasteiger partial charge on any atom is 0.303 e. The van der Waals surface area contributed by atoms with Crippen LogP contribution in [0.5, 0.6) is 0 Å². The van der Waals surface area contributed by atoms with Crippen LogP contribution in [-0.2, 0) is 47.7 Å². The number of carbonyl (C=O) groups excluding carboxylic acids is 4. The predicted octanol–water partition coefficient (Wildman–Crippen LogP) is 0.694. The number of nitrogens with one attached hydrogen (secondary N) is 1. The normalized spacial score (nSPS) is 24.4. The molecule has 5 atom stereocenters. The molecule has 2 N–H and O–H groups in total. The number of aliphatic carboxylic acids is 1. The van der Waals surface area contributed by atoms with Gasteiger partial charge in [-0.2, -0.15) is 0 Å². The van der Waals surface area contributed by atoms with E-state index in [-0.39, 0.29) is 19.6 Å². The maximum atomic E-state index is 11.8. The summed E-state index contributed by atoms with van der Waals surface area (Å²) in [5, 5.41) is 11.3. The highest BCUT2D eigenvalue weighted by Gasteiger charge is 2.51. The zero-order chi connectivity index (χ0) is 25.0. The molecule has 0 bridgehead atoms. The Morgan fingerprint density at radius 1 is 0.848 bits per heavy atom. The first-order valence-corrected chi connectivity index (χ1v) is 10.7. The van der Waals surface area contributed by atoms with Gasteiger partial charge in [0, 0.05) is 40.7 Å². The topological polar surface area (TPSA) is 164 Å². The summed E-state index contributed by atoms with van der Waals surface area (Å²) in [7, 11) is 0. The van der Waals surface area contributed by atoms with Crippen LogP contribution < -0.4 is 5.32 Å². The van der Waals surface area contributed by atoms with Gasteiger partial charge in [-0.3, -0.25) is 24.0 Å². The van der Waals surface area contributed by atoms with E-state index >= 15 is 0 Å². The summed E-state index contributed by atoms with van der Waals surface area (Å²) in [5.41, 5.74) is 0. The fourth-order valence-corrected chi connectivity index (χ4v) is 3.36. The average molecular weight is 475 g/mol. The second-order valence-corrected chi connectivity index (χ2v) is 7.65. The Labute approximate surface area is 192 Å². The molecule has 1 aliphatic rings. The van der Waals surface area contributed by atoms with Gasteiger partial charge in [-0.25, -0.2) is 0 Å². The third kappa shape index (κ3) is 11.1. The van der Waals surface area contributed by atoms with Gasteiger partial charge in [0.25, 0.3) is 0 Å². The highest BCUT2D eigenvalue weighted by atomic mass is 16.7. The number of esters is 3. The lowest BCUT2D eigenvalue weighted by atomic mass is 9.96. The molecule has 0 saturated carbocycles. The van der Waals surface area contributed by atoms with Gasteiger partial charge in [0.05, 0.1) is 0 Å². The molecule has 1 fully saturated rings. The first-order valence-electron chi connectivity index (χ1n) is 10.7. The van der Waals surface area contributed by atoms with Crippen molar-refractivity contribution in [2.45, 2.75) is 90.4 Å². The third-order valence-corrected chi connectivity index (χ3v) is 4.64. The molecule has 33 heavy (non-hydrogen) atoms. The molecular formula is C21H33NO11. The number of ether oxygens (including phenoxy) is 5. The van der Waals surface area contributed by atoms with E-state index in [2.05, 4.69) is 5.32 Å². The Morgan fingerprint density at radius 2 is 1.45 bits per heavy atom. The first kappa shape index (κ1) is 28.3. The van der Waals surface area contributed by atoms with Crippen molar-refractivity contribution in [1.82, 2.24) is 5.32 Å². The number of hydrogen-bond acceptors (Lipinski definition) is 10. The predicted molar refractivity (Wildman–Crippen MR) is 111 cm³/mol. The minimum absolute atomic E-state index is 0.0939. The molecule has 1 rings (SSSR count). The highest BCUT2D eigenvalue weighted by Crippen LogP contribution is 2.28. The van der Waals surface area contributed by atoms with Gasteiger partial charge < -0.3 is 34.1 Å². The van der Waals surface area contributed by atoms with Crippen molar-refractivity contribution in [3.05, 3.63) is 0 Å². The number of hydrogen-bond donors (Lipinski definition) is 2. The van der Waals surface area contributed by atoms with Crippen molar-refractivity contribution in [1.29, 1.82) is 0 Å². The highest BCUT2D eigenvalue weighted by molar-refractivity contribution is 5.73. The van der Waals surface area contributed by atoms with Crippen molar-refractivity contribution >= 4 is 29.8 Å². The van der Waals surface area contributed by atoms with Crippen molar-refractivity contribution in [3.8, 4) is 0 Å². The van der Waals surface area contributed by atoms with Gasteiger partial charge in [-0.05, 0) is 12.8 Å².